The lowest BCUT2D eigenvalue weighted by Gasteiger charge is -2.13. The zero-order valence-corrected chi connectivity index (χ0v) is 15.4. The van der Waals surface area contributed by atoms with Crippen molar-refractivity contribution in [3.05, 3.63) is 76.9 Å². The Labute approximate surface area is 170 Å². The lowest BCUT2D eigenvalue weighted by Crippen LogP contribution is -2.29. The third-order valence-corrected chi connectivity index (χ3v) is 4.23. The van der Waals surface area contributed by atoms with Crippen molar-refractivity contribution in [1.82, 2.24) is 20.3 Å². The second-order valence-electron chi connectivity index (χ2n) is 6.33. The maximum Gasteiger partial charge on any atom is 0.435 e. The number of nitrogens with one attached hydrogen (secondary N) is 1. The van der Waals surface area contributed by atoms with E-state index in [1.54, 1.807) is 0 Å². The van der Waals surface area contributed by atoms with Crippen LogP contribution in [0.5, 0.6) is 0 Å². The van der Waals surface area contributed by atoms with Crippen LogP contribution in [-0.4, -0.2) is 27.4 Å². The first-order valence-corrected chi connectivity index (χ1v) is 8.70. The van der Waals surface area contributed by atoms with Crippen LogP contribution in [0, 0.1) is 5.82 Å². The molecule has 0 fully saturated rings. The number of hydrogen-bond acceptors (Lipinski definition) is 3. The Morgan fingerprint density at radius 3 is 2.19 bits per heavy atom. The zero-order chi connectivity index (χ0) is 22.8. The van der Waals surface area contributed by atoms with Gasteiger partial charge in [0.05, 0.1) is 11.3 Å². The van der Waals surface area contributed by atoms with Crippen LogP contribution in [0.3, 0.4) is 0 Å². The summed E-state index contributed by atoms with van der Waals surface area (Å²) in [4.78, 5) is 12.3. The Kier molecular flexibility index (Phi) is 6.00. The molecule has 1 heterocycles. The van der Waals surface area contributed by atoms with Gasteiger partial charge in [0.2, 0.25) is 0 Å². The molecule has 0 saturated carbocycles. The first-order valence-electron chi connectivity index (χ1n) is 8.70. The van der Waals surface area contributed by atoms with Gasteiger partial charge in [-0.3, -0.25) is 4.79 Å². The number of nitrogens with zero attached hydrogens (tertiary/aromatic N) is 3. The predicted octanol–water partition coefficient (Wildman–Crippen LogP) is 4.42. The summed E-state index contributed by atoms with van der Waals surface area (Å²) in [7, 11) is 0. The highest BCUT2D eigenvalue weighted by atomic mass is 19.4. The van der Waals surface area contributed by atoms with Gasteiger partial charge < -0.3 is 5.32 Å². The normalized spacial score (nSPS) is 12.1. The van der Waals surface area contributed by atoms with Crippen LogP contribution < -0.4 is 5.32 Å². The molecule has 1 N–H and O–H groups in total. The van der Waals surface area contributed by atoms with Crippen molar-refractivity contribution in [2.24, 2.45) is 0 Å². The summed E-state index contributed by atoms with van der Waals surface area (Å²) in [6.45, 7) is -0.368. The summed E-state index contributed by atoms with van der Waals surface area (Å²) in [5.74, 6) is -1.94. The van der Waals surface area contributed by atoms with Crippen LogP contribution in [0.1, 0.15) is 27.3 Å². The number of alkyl halides is 6. The maximum absolute atomic E-state index is 13.6. The molecule has 0 saturated heterocycles. The van der Waals surface area contributed by atoms with Crippen molar-refractivity contribution >= 4 is 5.91 Å². The number of halogens is 7. The molecule has 5 nitrogen and oxygen atoms in total. The van der Waals surface area contributed by atoms with Gasteiger partial charge in [0.1, 0.15) is 5.82 Å². The van der Waals surface area contributed by atoms with Gasteiger partial charge in [-0.15, -0.1) is 5.10 Å². The van der Waals surface area contributed by atoms with Gasteiger partial charge >= 0.3 is 12.4 Å². The van der Waals surface area contributed by atoms with Crippen molar-refractivity contribution < 1.29 is 35.5 Å². The first-order chi connectivity index (χ1) is 14.5. The molecule has 0 radical (unpaired) electrons. The molecule has 31 heavy (non-hydrogen) atoms. The van der Waals surface area contributed by atoms with Crippen molar-refractivity contribution in [3.8, 4) is 5.69 Å². The van der Waals surface area contributed by atoms with E-state index in [1.807, 2.05) is 0 Å². The predicted molar refractivity (Wildman–Crippen MR) is 93.8 cm³/mol. The molecule has 0 aliphatic carbocycles. The fraction of sp³-hybridized carbons (Fsp3) is 0.211. The van der Waals surface area contributed by atoms with Gasteiger partial charge in [-0.1, -0.05) is 23.4 Å². The maximum atomic E-state index is 13.6. The Morgan fingerprint density at radius 1 is 0.935 bits per heavy atom. The van der Waals surface area contributed by atoms with E-state index < -0.39 is 41.0 Å². The van der Waals surface area contributed by atoms with E-state index >= 15 is 0 Å². The lowest BCUT2D eigenvalue weighted by atomic mass is 10.0. The number of carbonyl (C=O) groups excluding carboxylic acids is 1. The number of rotatable bonds is 5. The Balaban J connectivity index is 1.81. The zero-order valence-electron chi connectivity index (χ0n) is 15.4. The molecule has 2 aromatic carbocycles. The summed E-state index contributed by atoms with van der Waals surface area (Å²) >= 11 is 0. The van der Waals surface area contributed by atoms with Crippen molar-refractivity contribution in [2.45, 2.75) is 18.8 Å². The van der Waals surface area contributed by atoms with Crippen LogP contribution >= 0.6 is 0 Å². The van der Waals surface area contributed by atoms with E-state index in [-0.39, 0.29) is 24.2 Å². The van der Waals surface area contributed by atoms with Crippen molar-refractivity contribution in [1.29, 1.82) is 0 Å². The summed E-state index contributed by atoms with van der Waals surface area (Å²) in [5.41, 5.74) is -3.75. The van der Waals surface area contributed by atoms with Gasteiger partial charge in [0.15, 0.2) is 11.4 Å². The molecule has 0 aliphatic rings. The number of hydrogen-bond donors (Lipinski definition) is 1. The molecule has 3 rings (SSSR count). The fourth-order valence-corrected chi connectivity index (χ4v) is 2.86. The van der Waals surface area contributed by atoms with E-state index in [0.717, 1.165) is 30.3 Å². The van der Waals surface area contributed by atoms with Crippen LogP contribution in [-0.2, 0) is 18.8 Å². The molecule has 0 spiro atoms. The minimum Gasteiger partial charge on any atom is -0.350 e. The molecular weight excluding hydrogens is 433 g/mol. The lowest BCUT2D eigenvalue weighted by molar-refractivity contribution is -0.143. The number of aromatic nitrogens is 3. The third-order valence-electron chi connectivity index (χ3n) is 4.23. The quantitative estimate of drug-likeness (QED) is 0.591. The highest BCUT2D eigenvalue weighted by Crippen LogP contribution is 2.33. The van der Waals surface area contributed by atoms with Gasteiger partial charge in [0, 0.05) is 6.54 Å². The monoisotopic (exact) mass is 446 g/mol. The average molecular weight is 446 g/mol. The highest BCUT2D eigenvalue weighted by molar-refractivity contribution is 5.93. The molecule has 164 valence electrons. The van der Waals surface area contributed by atoms with Gasteiger partial charge in [-0.25, -0.2) is 9.07 Å². The minimum absolute atomic E-state index is 0.124. The second kappa shape index (κ2) is 8.36. The SMILES string of the molecule is O=C(NCCc1ccccc1C(F)(F)F)c1nnn(-c2ccc(F)cc2)c1C(F)(F)F. The van der Waals surface area contributed by atoms with Crippen LogP contribution in [0.15, 0.2) is 48.5 Å². The number of carbonyl (C=O) groups is 1. The topological polar surface area (TPSA) is 59.8 Å². The molecule has 12 heteroatoms. The minimum atomic E-state index is -5.03. The summed E-state index contributed by atoms with van der Waals surface area (Å²) in [6.07, 6.45) is -9.91. The van der Waals surface area contributed by atoms with Gasteiger partial charge in [0.25, 0.3) is 5.91 Å². The standard InChI is InChI=1S/C19H13F7N4O/c20-12-5-7-13(8-6-12)30-16(19(24,25)26)15(28-29-30)17(31)27-10-9-11-3-1-2-4-14(11)18(21,22)23/h1-8H,9-10H2,(H,27,31). The van der Waals surface area contributed by atoms with Crippen LogP contribution in [0.4, 0.5) is 30.7 Å². The van der Waals surface area contributed by atoms with E-state index in [0.29, 0.717) is 4.68 Å². The molecule has 0 atom stereocenters. The summed E-state index contributed by atoms with van der Waals surface area (Å²) in [5, 5.41) is 8.73. The van der Waals surface area contributed by atoms with Gasteiger partial charge in [-0.05, 0) is 42.3 Å². The van der Waals surface area contributed by atoms with Crippen LogP contribution in [0.25, 0.3) is 5.69 Å². The highest BCUT2D eigenvalue weighted by Gasteiger charge is 2.42. The Bertz CT molecular complexity index is 1070. The fourth-order valence-electron chi connectivity index (χ4n) is 2.86. The number of benzene rings is 2. The van der Waals surface area contributed by atoms with E-state index in [1.165, 1.54) is 18.2 Å². The smallest absolute Gasteiger partial charge is 0.350 e. The third kappa shape index (κ3) is 5.01. The molecule has 1 amide bonds. The summed E-state index contributed by atoms with van der Waals surface area (Å²) < 4.78 is 93.1. The molecule has 3 aromatic rings. The number of amides is 1. The van der Waals surface area contributed by atoms with Crippen molar-refractivity contribution in [2.75, 3.05) is 6.54 Å². The van der Waals surface area contributed by atoms with Gasteiger partial charge in [-0.2, -0.15) is 26.3 Å². The molecule has 0 unspecified atom stereocenters. The average Bonchev–Trinajstić information content (AvgIpc) is 3.14. The Morgan fingerprint density at radius 2 is 1.58 bits per heavy atom. The van der Waals surface area contributed by atoms with E-state index in [9.17, 15) is 35.5 Å². The molecule has 0 aliphatic heterocycles. The van der Waals surface area contributed by atoms with Crippen LogP contribution in [0.2, 0.25) is 0 Å². The molecule has 0 bridgehead atoms. The van der Waals surface area contributed by atoms with Crippen molar-refractivity contribution in [3.63, 3.8) is 0 Å². The van der Waals surface area contributed by atoms with E-state index in [4.69, 9.17) is 0 Å². The molecular formula is C19H13F7N4O. The largest absolute Gasteiger partial charge is 0.435 e. The molecule has 1 aromatic heterocycles. The summed E-state index contributed by atoms with van der Waals surface area (Å²) in [6, 6.07) is 8.53. The first kappa shape index (κ1) is 22.2. The second-order valence-corrected chi connectivity index (χ2v) is 6.33. The Hall–Kier alpha value is -3.44. The van der Waals surface area contributed by atoms with E-state index in [2.05, 4.69) is 15.6 Å².